The molecule has 2 unspecified atom stereocenters. The van der Waals surface area contributed by atoms with Crippen molar-refractivity contribution in [2.45, 2.75) is 258 Å². The summed E-state index contributed by atoms with van der Waals surface area (Å²) in [5, 5.41) is 6.66. The van der Waals surface area contributed by atoms with E-state index >= 15 is 0 Å². The van der Waals surface area contributed by atoms with Crippen LogP contribution in [0.3, 0.4) is 0 Å². The summed E-state index contributed by atoms with van der Waals surface area (Å²) in [6.45, 7) is 8.92. The van der Waals surface area contributed by atoms with Crippen LogP contribution in [0.15, 0.2) is 24.4 Å². The van der Waals surface area contributed by atoms with Gasteiger partial charge < -0.3 is 25.1 Å². The van der Waals surface area contributed by atoms with E-state index in [4.69, 9.17) is 9.47 Å². The number of benzene rings is 1. The van der Waals surface area contributed by atoms with Gasteiger partial charge in [-0.3, -0.25) is 9.59 Å². The monoisotopic (exact) mass is 870 g/mol. The molecule has 2 aromatic rings. The van der Waals surface area contributed by atoms with E-state index in [1.165, 1.54) is 192 Å². The number of rotatable bonds is 45. The van der Waals surface area contributed by atoms with E-state index in [1.54, 1.807) is 12.3 Å². The van der Waals surface area contributed by atoms with Gasteiger partial charge in [0.25, 0.3) is 5.91 Å². The molecule has 0 radical (unpaired) electrons. The van der Waals surface area contributed by atoms with Crippen molar-refractivity contribution in [1.82, 2.24) is 15.6 Å². The van der Waals surface area contributed by atoms with E-state index in [0.29, 0.717) is 49.3 Å². The number of aromatic amines is 1. The van der Waals surface area contributed by atoms with Gasteiger partial charge in [0.2, 0.25) is 5.91 Å². The van der Waals surface area contributed by atoms with Crippen LogP contribution >= 0.6 is 0 Å². The molecule has 0 aliphatic carbocycles. The molecule has 0 saturated heterocycles. The molecule has 3 N–H and O–H groups in total. The van der Waals surface area contributed by atoms with Gasteiger partial charge in [-0.1, -0.05) is 226 Å². The first kappa shape index (κ1) is 55.7. The highest BCUT2D eigenvalue weighted by Gasteiger charge is 2.24. The zero-order valence-corrected chi connectivity index (χ0v) is 40.6. The number of carbonyl (C=O) groups excluding carboxylic acids is 2. The Morgan fingerprint density at radius 3 is 1.50 bits per heavy atom. The highest BCUT2D eigenvalue weighted by atomic mass is 19.1. The van der Waals surface area contributed by atoms with Crippen LogP contribution in [0.4, 0.5) is 4.39 Å². The van der Waals surface area contributed by atoms with Crippen molar-refractivity contribution in [3.63, 3.8) is 0 Å². The van der Waals surface area contributed by atoms with Crippen LogP contribution in [0.2, 0.25) is 0 Å². The van der Waals surface area contributed by atoms with Crippen LogP contribution in [0.1, 0.15) is 256 Å². The second-order valence-electron chi connectivity index (χ2n) is 18.5. The number of ether oxygens (including phenoxy) is 2. The fourth-order valence-corrected chi connectivity index (χ4v) is 8.58. The topological polar surface area (TPSA) is 92.5 Å². The van der Waals surface area contributed by atoms with Crippen molar-refractivity contribution in [2.75, 3.05) is 26.4 Å². The Kier molecular flexibility index (Phi) is 36.0. The minimum atomic E-state index is -0.700. The third kappa shape index (κ3) is 29.1. The van der Waals surface area contributed by atoms with Crippen molar-refractivity contribution in [1.29, 1.82) is 0 Å². The smallest absolute Gasteiger partial charge is 0.254 e. The molecule has 1 heterocycles. The average Bonchev–Trinajstić information content (AvgIpc) is 3.70. The Morgan fingerprint density at radius 2 is 1.02 bits per heavy atom. The first-order chi connectivity index (χ1) is 30.5. The molecule has 1 aromatic heterocycles. The first-order valence-electron chi connectivity index (χ1n) is 26.5. The van der Waals surface area contributed by atoms with Gasteiger partial charge in [-0.15, -0.1) is 0 Å². The fraction of sp³-hybridized carbons (Fsp3) is 0.815. The highest BCUT2D eigenvalue weighted by Crippen LogP contribution is 2.21. The second-order valence-corrected chi connectivity index (χ2v) is 18.5. The molecule has 2 atom stereocenters. The maximum absolute atomic E-state index is 14.2. The molecule has 0 spiro atoms. The van der Waals surface area contributed by atoms with Gasteiger partial charge in [0, 0.05) is 36.9 Å². The van der Waals surface area contributed by atoms with Crippen LogP contribution in [-0.2, 0) is 14.3 Å². The predicted molar refractivity (Wildman–Crippen MR) is 262 cm³/mol. The molecular weight excluding hydrogens is 774 g/mol. The summed E-state index contributed by atoms with van der Waals surface area (Å²) in [6, 6.07) is 3.68. The molecule has 0 bridgehead atoms. The number of carbonyl (C=O) groups is 2. The number of hydrogen-bond acceptors (Lipinski definition) is 4. The molecular formula is C54H96FN3O4. The van der Waals surface area contributed by atoms with Crippen molar-refractivity contribution < 1.29 is 23.5 Å². The predicted octanol–water partition coefficient (Wildman–Crippen LogP) is 15.6. The molecule has 0 aliphatic heterocycles. The van der Waals surface area contributed by atoms with Crippen molar-refractivity contribution in [3.05, 3.63) is 35.8 Å². The number of nitrogens with one attached hydrogen (secondary N) is 3. The number of hydrogen-bond donors (Lipinski definition) is 3. The first-order valence-corrected chi connectivity index (χ1v) is 26.5. The number of amides is 2. The fourth-order valence-electron chi connectivity index (χ4n) is 8.58. The average molecular weight is 870 g/mol. The lowest BCUT2D eigenvalue weighted by Gasteiger charge is -2.22. The highest BCUT2D eigenvalue weighted by molar-refractivity contribution is 6.07. The summed E-state index contributed by atoms with van der Waals surface area (Å²) in [6.07, 6.45) is 45.1. The van der Waals surface area contributed by atoms with Crippen LogP contribution in [-0.4, -0.2) is 55.3 Å². The Balaban J connectivity index is 1.87. The van der Waals surface area contributed by atoms with E-state index < -0.39 is 11.9 Å². The van der Waals surface area contributed by atoms with E-state index in [9.17, 15) is 14.0 Å². The standard InChI is InChI=1S/C54H96FN3O4/c1-4-7-10-13-16-19-22-24-27-30-33-36-41-61-46-48(62-42-37-34-31-28-25-23-20-17-14-11-8-5-2)44-57-54(60)52(38-35-32-29-26-21-18-15-12-9-6-3)58-53(59)50-45-56-51-40-39-47(55)43-49(50)51/h39-40,43,45,48,52,56H,4-38,41-42,44,46H2,1-3H3,(H,57,60)(H,58,59). The largest absolute Gasteiger partial charge is 0.379 e. The number of unbranched alkanes of at least 4 members (excludes halogenated alkanes) is 31. The molecule has 7 nitrogen and oxygen atoms in total. The molecule has 0 fully saturated rings. The summed E-state index contributed by atoms with van der Waals surface area (Å²) in [5.41, 5.74) is 1.03. The van der Waals surface area contributed by atoms with E-state index in [0.717, 1.165) is 38.5 Å². The van der Waals surface area contributed by atoms with Gasteiger partial charge in [-0.05, 0) is 37.5 Å². The maximum Gasteiger partial charge on any atom is 0.254 e. The van der Waals surface area contributed by atoms with Crippen molar-refractivity contribution >= 4 is 22.7 Å². The van der Waals surface area contributed by atoms with Crippen molar-refractivity contribution in [3.8, 4) is 0 Å². The van der Waals surface area contributed by atoms with Gasteiger partial charge in [0.1, 0.15) is 11.9 Å². The Hall–Kier alpha value is -2.45. The molecule has 2 rings (SSSR count). The third-order valence-electron chi connectivity index (χ3n) is 12.7. The quantitative estimate of drug-likeness (QED) is 0.0578. The summed E-state index contributed by atoms with van der Waals surface area (Å²) in [5.74, 6) is -0.985. The summed E-state index contributed by atoms with van der Waals surface area (Å²) < 4.78 is 26.7. The summed E-state index contributed by atoms with van der Waals surface area (Å²) in [7, 11) is 0. The van der Waals surface area contributed by atoms with Gasteiger partial charge in [0.15, 0.2) is 0 Å². The molecule has 0 aliphatic rings. The number of fused-ring (bicyclic) bond motifs is 1. The lowest BCUT2D eigenvalue weighted by atomic mass is 10.0. The minimum absolute atomic E-state index is 0.208. The normalized spacial score (nSPS) is 12.6. The van der Waals surface area contributed by atoms with E-state index in [2.05, 4.69) is 36.4 Å². The van der Waals surface area contributed by atoms with Crippen LogP contribution in [0.25, 0.3) is 10.9 Å². The molecule has 2 amide bonds. The lowest BCUT2D eigenvalue weighted by molar-refractivity contribution is -0.124. The zero-order chi connectivity index (χ0) is 44.6. The summed E-state index contributed by atoms with van der Waals surface area (Å²) in [4.78, 5) is 30.5. The molecule has 0 saturated carbocycles. The van der Waals surface area contributed by atoms with Crippen molar-refractivity contribution in [2.24, 2.45) is 0 Å². The van der Waals surface area contributed by atoms with Gasteiger partial charge >= 0.3 is 0 Å². The van der Waals surface area contributed by atoms with Crippen LogP contribution < -0.4 is 10.6 Å². The Labute approximate surface area is 380 Å². The van der Waals surface area contributed by atoms with Crippen LogP contribution in [0.5, 0.6) is 0 Å². The van der Waals surface area contributed by atoms with Gasteiger partial charge in [0.05, 0.1) is 18.3 Å². The SMILES string of the molecule is CCCCCCCCCCCCCCOCC(CNC(=O)C(CCCCCCCCCCCC)NC(=O)c1c[nH]c2ccc(F)cc12)OCCCCCCCCCCCCCC. The zero-order valence-electron chi connectivity index (χ0n) is 40.6. The van der Waals surface area contributed by atoms with Gasteiger partial charge in [-0.2, -0.15) is 0 Å². The van der Waals surface area contributed by atoms with Gasteiger partial charge in [-0.25, -0.2) is 4.39 Å². The number of aromatic nitrogens is 1. The molecule has 358 valence electrons. The Morgan fingerprint density at radius 1 is 0.581 bits per heavy atom. The minimum Gasteiger partial charge on any atom is -0.379 e. The third-order valence-corrected chi connectivity index (χ3v) is 12.7. The molecule has 62 heavy (non-hydrogen) atoms. The van der Waals surface area contributed by atoms with Crippen LogP contribution in [0, 0.1) is 5.82 Å². The Bertz CT molecular complexity index is 1330. The van der Waals surface area contributed by atoms with E-state index in [-0.39, 0.29) is 17.9 Å². The number of H-pyrrole nitrogens is 1. The molecule has 1 aromatic carbocycles. The number of halogens is 1. The lowest BCUT2D eigenvalue weighted by Crippen LogP contribution is -2.49. The summed E-state index contributed by atoms with van der Waals surface area (Å²) >= 11 is 0. The van der Waals surface area contributed by atoms with E-state index in [1.807, 2.05) is 0 Å². The molecule has 8 heteroatoms. The maximum atomic E-state index is 14.2. The second kappa shape index (κ2) is 40.1.